The van der Waals surface area contributed by atoms with Crippen LogP contribution in [0.5, 0.6) is 0 Å². The number of rotatable bonds is 6. The molecule has 0 aromatic rings. The fourth-order valence-electron chi connectivity index (χ4n) is 0.912. The summed E-state index contributed by atoms with van der Waals surface area (Å²) in [7, 11) is -3.35. The number of carbonyl (C=O) groups is 1. The van der Waals surface area contributed by atoms with Crippen LogP contribution in [0.2, 0.25) is 0 Å². The highest BCUT2D eigenvalue weighted by atomic mass is 32.2. The number of esters is 1. The Balaban J connectivity index is 4.17. The lowest BCUT2D eigenvalue weighted by Crippen LogP contribution is -2.40. The van der Waals surface area contributed by atoms with Gasteiger partial charge >= 0.3 is 5.97 Å². The quantitative estimate of drug-likeness (QED) is 0.656. The van der Waals surface area contributed by atoms with Crippen LogP contribution in [-0.2, 0) is 19.6 Å². The average molecular weight is 223 g/mol. The first-order chi connectivity index (χ1) is 6.43. The SMILES string of the molecule is CCCS(=O)(=O)NC(C)C(=O)OCC. The van der Waals surface area contributed by atoms with Crippen LogP contribution in [0.3, 0.4) is 0 Å². The Morgan fingerprint density at radius 2 is 2.00 bits per heavy atom. The first kappa shape index (κ1) is 13.4. The maximum absolute atomic E-state index is 11.2. The number of hydrogen-bond donors (Lipinski definition) is 1. The number of hydrogen-bond acceptors (Lipinski definition) is 4. The fraction of sp³-hybridized carbons (Fsp3) is 0.875. The first-order valence-electron chi connectivity index (χ1n) is 4.59. The molecular weight excluding hydrogens is 206 g/mol. The van der Waals surface area contributed by atoms with Gasteiger partial charge in [-0.2, -0.15) is 0 Å². The van der Waals surface area contributed by atoms with Gasteiger partial charge in [0.05, 0.1) is 12.4 Å². The van der Waals surface area contributed by atoms with Crippen molar-refractivity contribution in [1.29, 1.82) is 0 Å². The zero-order chi connectivity index (χ0) is 11.2. The smallest absolute Gasteiger partial charge is 0.323 e. The molecule has 1 atom stereocenters. The van der Waals surface area contributed by atoms with Gasteiger partial charge < -0.3 is 4.74 Å². The van der Waals surface area contributed by atoms with Crippen LogP contribution < -0.4 is 4.72 Å². The summed E-state index contributed by atoms with van der Waals surface area (Å²) in [5.41, 5.74) is 0. The molecule has 1 unspecified atom stereocenters. The normalized spacial score (nSPS) is 13.6. The van der Waals surface area contributed by atoms with Gasteiger partial charge in [0.1, 0.15) is 6.04 Å². The van der Waals surface area contributed by atoms with Crippen molar-refractivity contribution < 1.29 is 17.9 Å². The lowest BCUT2D eigenvalue weighted by molar-refractivity contribution is -0.144. The Bertz CT molecular complexity index is 273. The standard InChI is InChI=1S/C8H17NO4S/c1-4-6-14(11,12)9-7(3)8(10)13-5-2/h7,9H,4-6H2,1-3H3. The van der Waals surface area contributed by atoms with Crippen LogP contribution in [0.25, 0.3) is 0 Å². The molecule has 0 amide bonds. The van der Waals surface area contributed by atoms with Crippen LogP contribution >= 0.6 is 0 Å². The van der Waals surface area contributed by atoms with E-state index in [9.17, 15) is 13.2 Å². The maximum Gasteiger partial charge on any atom is 0.323 e. The summed E-state index contributed by atoms with van der Waals surface area (Å²) >= 11 is 0. The van der Waals surface area contributed by atoms with Gasteiger partial charge in [-0.1, -0.05) is 6.92 Å². The van der Waals surface area contributed by atoms with Crippen LogP contribution in [-0.4, -0.2) is 32.8 Å². The van der Waals surface area contributed by atoms with E-state index in [-0.39, 0.29) is 12.4 Å². The second kappa shape index (κ2) is 5.98. The number of ether oxygens (including phenoxy) is 1. The molecule has 0 aliphatic heterocycles. The first-order valence-corrected chi connectivity index (χ1v) is 6.24. The molecule has 0 bridgehead atoms. The predicted octanol–water partition coefficient (Wildman–Crippen LogP) is 0.267. The van der Waals surface area contributed by atoms with Gasteiger partial charge in [-0.3, -0.25) is 4.79 Å². The number of carbonyl (C=O) groups excluding carboxylic acids is 1. The van der Waals surface area contributed by atoms with E-state index in [2.05, 4.69) is 9.46 Å². The molecule has 0 spiro atoms. The summed E-state index contributed by atoms with van der Waals surface area (Å²) in [6.45, 7) is 5.14. The lowest BCUT2D eigenvalue weighted by atomic mass is 10.4. The summed E-state index contributed by atoms with van der Waals surface area (Å²) in [6.07, 6.45) is 0.519. The van der Waals surface area contributed by atoms with E-state index >= 15 is 0 Å². The second-order valence-electron chi connectivity index (χ2n) is 2.91. The summed E-state index contributed by atoms with van der Waals surface area (Å²) in [5.74, 6) is -0.524. The van der Waals surface area contributed by atoms with E-state index in [1.165, 1.54) is 6.92 Å². The Morgan fingerprint density at radius 1 is 1.43 bits per heavy atom. The molecule has 1 N–H and O–H groups in total. The van der Waals surface area contributed by atoms with Crippen molar-refractivity contribution in [2.75, 3.05) is 12.4 Å². The Hall–Kier alpha value is -0.620. The third-order valence-electron chi connectivity index (χ3n) is 1.47. The molecule has 0 aromatic heterocycles. The molecule has 0 radical (unpaired) electrons. The molecule has 0 aliphatic rings. The van der Waals surface area contributed by atoms with E-state index in [4.69, 9.17) is 0 Å². The van der Waals surface area contributed by atoms with Crippen molar-refractivity contribution in [3.8, 4) is 0 Å². The zero-order valence-electron chi connectivity index (χ0n) is 8.74. The minimum atomic E-state index is -3.35. The van der Waals surface area contributed by atoms with Crippen LogP contribution in [0.4, 0.5) is 0 Å². The van der Waals surface area contributed by atoms with Crippen LogP contribution in [0.15, 0.2) is 0 Å². The fourth-order valence-corrected chi connectivity index (χ4v) is 2.20. The zero-order valence-corrected chi connectivity index (χ0v) is 9.56. The van der Waals surface area contributed by atoms with Crippen molar-refractivity contribution in [2.45, 2.75) is 33.2 Å². The van der Waals surface area contributed by atoms with Crippen molar-refractivity contribution in [3.63, 3.8) is 0 Å². The highest BCUT2D eigenvalue weighted by molar-refractivity contribution is 7.89. The largest absolute Gasteiger partial charge is 0.465 e. The molecule has 0 aromatic carbocycles. The summed E-state index contributed by atoms with van der Waals surface area (Å²) in [4.78, 5) is 11.1. The minimum absolute atomic E-state index is 0.0245. The van der Waals surface area contributed by atoms with Crippen molar-refractivity contribution in [2.24, 2.45) is 0 Å². The van der Waals surface area contributed by atoms with Gasteiger partial charge in [0.15, 0.2) is 0 Å². The molecule has 14 heavy (non-hydrogen) atoms. The van der Waals surface area contributed by atoms with Crippen molar-refractivity contribution in [1.82, 2.24) is 4.72 Å². The molecule has 6 heteroatoms. The van der Waals surface area contributed by atoms with Gasteiger partial charge in [0.2, 0.25) is 10.0 Å². The third kappa shape index (κ3) is 5.18. The number of nitrogens with one attached hydrogen (secondary N) is 1. The third-order valence-corrected chi connectivity index (χ3v) is 3.13. The monoisotopic (exact) mass is 223 g/mol. The van der Waals surface area contributed by atoms with Crippen LogP contribution in [0.1, 0.15) is 27.2 Å². The highest BCUT2D eigenvalue weighted by Gasteiger charge is 2.19. The Kier molecular flexibility index (Phi) is 5.71. The van der Waals surface area contributed by atoms with Gasteiger partial charge in [-0.15, -0.1) is 0 Å². The van der Waals surface area contributed by atoms with Gasteiger partial charge in [0, 0.05) is 0 Å². The lowest BCUT2D eigenvalue weighted by Gasteiger charge is -2.12. The van der Waals surface area contributed by atoms with Gasteiger partial charge in [0.25, 0.3) is 0 Å². The Labute approximate surface area is 84.9 Å². The number of sulfonamides is 1. The van der Waals surface area contributed by atoms with E-state index in [1.54, 1.807) is 13.8 Å². The molecule has 0 aliphatic carbocycles. The molecule has 5 nitrogen and oxygen atoms in total. The molecule has 0 rings (SSSR count). The minimum Gasteiger partial charge on any atom is -0.465 e. The summed E-state index contributed by atoms with van der Waals surface area (Å²) in [6, 6.07) is -0.813. The van der Waals surface area contributed by atoms with Crippen molar-refractivity contribution >= 4 is 16.0 Å². The second-order valence-corrected chi connectivity index (χ2v) is 4.78. The van der Waals surface area contributed by atoms with Gasteiger partial charge in [-0.05, 0) is 20.3 Å². The molecular formula is C8H17NO4S. The maximum atomic E-state index is 11.2. The van der Waals surface area contributed by atoms with Crippen molar-refractivity contribution in [3.05, 3.63) is 0 Å². The van der Waals surface area contributed by atoms with E-state index in [0.717, 1.165) is 0 Å². The topological polar surface area (TPSA) is 72.5 Å². The van der Waals surface area contributed by atoms with E-state index in [1.807, 2.05) is 0 Å². The van der Waals surface area contributed by atoms with E-state index in [0.29, 0.717) is 6.42 Å². The summed E-state index contributed by atoms with van der Waals surface area (Å²) < 4.78 is 29.4. The molecule has 0 saturated heterocycles. The molecule has 84 valence electrons. The molecule has 0 fully saturated rings. The molecule has 0 saturated carbocycles. The molecule has 0 heterocycles. The van der Waals surface area contributed by atoms with Crippen LogP contribution in [0, 0.1) is 0 Å². The summed E-state index contributed by atoms with van der Waals surface area (Å²) in [5, 5.41) is 0. The Morgan fingerprint density at radius 3 is 2.43 bits per heavy atom. The van der Waals surface area contributed by atoms with E-state index < -0.39 is 22.0 Å². The van der Waals surface area contributed by atoms with Gasteiger partial charge in [-0.25, -0.2) is 13.1 Å². The highest BCUT2D eigenvalue weighted by Crippen LogP contribution is 1.94. The average Bonchev–Trinajstić information content (AvgIpc) is 2.03. The predicted molar refractivity (Wildman–Crippen MR) is 53.3 cm³/mol.